The van der Waals surface area contributed by atoms with Gasteiger partial charge in [0.25, 0.3) is 5.91 Å². The molecule has 2 N–H and O–H groups in total. The number of anilines is 2. The van der Waals surface area contributed by atoms with Crippen molar-refractivity contribution in [2.75, 3.05) is 17.4 Å². The van der Waals surface area contributed by atoms with Gasteiger partial charge in [0.05, 0.1) is 11.8 Å². The number of nitrogens with zero attached hydrogens (tertiary/aromatic N) is 3. The van der Waals surface area contributed by atoms with E-state index < -0.39 is 6.04 Å². The fraction of sp³-hybridized carbons (Fsp3) is 0.208. The number of aryl methyl sites for hydroxylation is 2. The summed E-state index contributed by atoms with van der Waals surface area (Å²) in [7, 11) is 0. The molecule has 2 aromatic carbocycles. The molecule has 0 spiro atoms. The van der Waals surface area contributed by atoms with Crippen LogP contribution >= 0.6 is 0 Å². The van der Waals surface area contributed by atoms with Crippen molar-refractivity contribution in [1.29, 1.82) is 5.26 Å². The molecule has 0 saturated carbocycles. The molecular weight excluding hydrogens is 406 g/mol. The Bertz CT molecular complexity index is 1330. The molecule has 0 fully saturated rings. The summed E-state index contributed by atoms with van der Waals surface area (Å²) in [4.78, 5) is 13.5. The van der Waals surface area contributed by atoms with Gasteiger partial charge in [0.2, 0.25) is 6.79 Å². The van der Waals surface area contributed by atoms with Crippen molar-refractivity contribution in [3.8, 4) is 17.6 Å². The molecule has 1 aromatic heterocycles. The van der Waals surface area contributed by atoms with Crippen molar-refractivity contribution in [2.45, 2.75) is 26.8 Å². The van der Waals surface area contributed by atoms with Gasteiger partial charge in [0, 0.05) is 11.4 Å². The molecule has 2 aliphatic heterocycles. The number of allylic oxidation sites excluding steroid dienone is 1. The van der Waals surface area contributed by atoms with E-state index in [1.165, 1.54) is 6.20 Å². The minimum Gasteiger partial charge on any atom is -0.454 e. The standard InChI is InChI=1S/C24H21N5O3/c1-13-4-6-18(14(2)8-13)28-24(30)21-15(3)27-23-17(10-25)11-26-29(23)22(21)16-5-7-19-20(9-16)32-12-31-19/h4-9,11,22,27H,12H2,1-3H3,(H,28,30). The highest BCUT2D eigenvalue weighted by atomic mass is 16.7. The van der Waals surface area contributed by atoms with E-state index in [-0.39, 0.29) is 12.7 Å². The second-order valence-corrected chi connectivity index (χ2v) is 7.91. The summed E-state index contributed by atoms with van der Waals surface area (Å²) in [6.07, 6.45) is 1.50. The average Bonchev–Trinajstić information content (AvgIpc) is 3.40. The minimum absolute atomic E-state index is 0.158. The van der Waals surface area contributed by atoms with Crippen LogP contribution in [0.5, 0.6) is 11.5 Å². The van der Waals surface area contributed by atoms with Crippen molar-refractivity contribution in [3.05, 3.63) is 76.1 Å². The molecule has 8 nitrogen and oxygen atoms in total. The van der Waals surface area contributed by atoms with E-state index in [9.17, 15) is 10.1 Å². The van der Waals surface area contributed by atoms with Crippen molar-refractivity contribution in [1.82, 2.24) is 9.78 Å². The van der Waals surface area contributed by atoms with E-state index in [4.69, 9.17) is 9.47 Å². The van der Waals surface area contributed by atoms with Crippen LogP contribution in [0.4, 0.5) is 11.5 Å². The number of carbonyl (C=O) groups is 1. The molecular formula is C24H21N5O3. The first kappa shape index (κ1) is 19.7. The third-order valence-electron chi connectivity index (χ3n) is 5.73. The maximum absolute atomic E-state index is 13.5. The molecule has 3 heterocycles. The maximum atomic E-state index is 13.5. The largest absolute Gasteiger partial charge is 0.454 e. The van der Waals surface area contributed by atoms with Crippen LogP contribution in [0, 0.1) is 25.2 Å². The molecule has 8 heteroatoms. The number of amides is 1. The third-order valence-corrected chi connectivity index (χ3v) is 5.73. The van der Waals surface area contributed by atoms with Gasteiger partial charge >= 0.3 is 0 Å². The number of hydrogen-bond donors (Lipinski definition) is 2. The van der Waals surface area contributed by atoms with Crippen LogP contribution in [0.1, 0.15) is 35.2 Å². The van der Waals surface area contributed by atoms with Gasteiger partial charge in [-0.1, -0.05) is 23.8 Å². The average molecular weight is 427 g/mol. The highest BCUT2D eigenvalue weighted by molar-refractivity contribution is 6.06. The lowest BCUT2D eigenvalue weighted by molar-refractivity contribution is -0.113. The highest BCUT2D eigenvalue weighted by Crippen LogP contribution is 2.41. The lowest BCUT2D eigenvalue weighted by Gasteiger charge is -2.30. The summed E-state index contributed by atoms with van der Waals surface area (Å²) in [5, 5.41) is 20.2. The normalized spacial score (nSPS) is 16.2. The minimum atomic E-state index is -0.548. The van der Waals surface area contributed by atoms with Crippen LogP contribution in [-0.2, 0) is 4.79 Å². The Labute approximate surface area is 185 Å². The fourth-order valence-corrected chi connectivity index (χ4v) is 4.17. The quantitative estimate of drug-likeness (QED) is 0.655. The first-order valence-corrected chi connectivity index (χ1v) is 10.2. The van der Waals surface area contributed by atoms with E-state index >= 15 is 0 Å². The maximum Gasteiger partial charge on any atom is 0.255 e. The number of fused-ring (bicyclic) bond motifs is 2. The Kier molecular flexibility index (Phi) is 4.59. The van der Waals surface area contributed by atoms with Crippen molar-refractivity contribution in [3.63, 3.8) is 0 Å². The first-order valence-electron chi connectivity index (χ1n) is 10.2. The number of nitriles is 1. The van der Waals surface area contributed by atoms with E-state index in [0.29, 0.717) is 34.2 Å². The predicted octanol–water partition coefficient (Wildman–Crippen LogP) is 4.03. The number of nitrogens with one attached hydrogen (secondary N) is 2. The van der Waals surface area contributed by atoms with Crippen LogP contribution in [0.25, 0.3) is 0 Å². The van der Waals surface area contributed by atoms with Gasteiger partial charge in [-0.15, -0.1) is 0 Å². The Morgan fingerprint density at radius 2 is 2.00 bits per heavy atom. The number of aromatic nitrogens is 2. The monoisotopic (exact) mass is 427 g/mol. The number of ether oxygens (including phenoxy) is 2. The van der Waals surface area contributed by atoms with Gasteiger partial charge in [-0.3, -0.25) is 4.79 Å². The molecule has 1 atom stereocenters. The van der Waals surface area contributed by atoms with Crippen LogP contribution in [0.3, 0.4) is 0 Å². The summed E-state index contributed by atoms with van der Waals surface area (Å²) >= 11 is 0. The van der Waals surface area contributed by atoms with Gasteiger partial charge in [-0.2, -0.15) is 10.4 Å². The topological polar surface area (TPSA) is 101 Å². The van der Waals surface area contributed by atoms with Crippen molar-refractivity contribution in [2.24, 2.45) is 0 Å². The Balaban J connectivity index is 1.61. The zero-order valence-electron chi connectivity index (χ0n) is 17.9. The summed E-state index contributed by atoms with van der Waals surface area (Å²) in [6.45, 7) is 5.96. The Morgan fingerprint density at radius 3 is 2.78 bits per heavy atom. The molecule has 2 aliphatic rings. The highest BCUT2D eigenvalue weighted by Gasteiger charge is 2.35. The first-order chi connectivity index (χ1) is 15.5. The second-order valence-electron chi connectivity index (χ2n) is 7.91. The number of hydrogen-bond acceptors (Lipinski definition) is 6. The Morgan fingerprint density at radius 1 is 1.19 bits per heavy atom. The fourth-order valence-electron chi connectivity index (χ4n) is 4.17. The summed E-state index contributed by atoms with van der Waals surface area (Å²) in [5.41, 5.74) is 5.21. The molecule has 0 radical (unpaired) electrons. The molecule has 160 valence electrons. The van der Waals surface area contributed by atoms with Gasteiger partial charge < -0.3 is 20.1 Å². The van der Waals surface area contributed by atoms with Crippen LogP contribution < -0.4 is 20.1 Å². The van der Waals surface area contributed by atoms with Gasteiger partial charge in [0.1, 0.15) is 23.5 Å². The number of carbonyl (C=O) groups excluding carboxylic acids is 1. The van der Waals surface area contributed by atoms with Crippen LogP contribution in [0.2, 0.25) is 0 Å². The summed E-state index contributed by atoms with van der Waals surface area (Å²) in [6, 6.07) is 13.1. The summed E-state index contributed by atoms with van der Waals surface area (Å²) < 4.78 is 12.7. The number of rotatable bonds is 3. The Hall–Kier alpha value is -4.25. The molecule has 0 saturated heterocycles. The third kappa shape index (κ3) is 3.15. The zero-order chi connectivity index (χ0) is 22.4. The van der Waals surface area contributed by atoms with E-state index in [0.717, 1.165) is 22.4 Å². The van der Waals surface area contributed by atoms with Crippen molar-refractivity contribution < 1.29 is 14.3 Å². The molecule has 1 amide bonds. The number of benzene rings is 2. The second kappa shape index (κ2) is 7.46. The molecule has 5 rings (SSSR count). The van der Waals surface area contributed by atoms with E-state index in [1.807, 2.05) is 57.2 Å². The molecule has 3 aromatic rings. The van der Waals surface area contributed by atoms with Crippen molar-refractivity contribution >= 4 is 17.4 Å². The van der Waals surface area contributed by atoms with Gasteiger partial charge in [-0.25, -0.2) is 4.68 Å². The lowest BCUT2D eigenvalue weighted by atomic mass is 9.94. The van der Waals surface area contributed by atoms with Crippen LogP contribution in [-0.4, -0.2) is 22.5 Å². The zero-order valence-corrected chi connectivity index (χ0v) is 17.9. The molecule has 32 heavy (non-hydrogen) atoms. The van der Waals surface area contributed by atoms with Gasteiger partial charge in [0.15, 0.2) is 11.5 Å². The predicted molar refractivity (Wildman–Crippen MR) is 119 cm³/mol. The van der Waals surface area contributed by atoms with E-state index in [1.54, 1.807) is 4.68 Å². The van der Waals surface area contributed by atoms with Gasteiger partial charge in [-0.05, 0) is 50.1 Å². The molecule has 0 aliphatic carbocycles. The van der Waals surface area contributed by atoms with Crippen LogP contribution in [0.15, 0.2) is 53.9 Å². The SMILES string of the molecule is CC1=C(C(=O)Nc2ccc(C)cc2C)C(c2ccc3c(c2)OCO3)n2ncc(C#N)c2N1. The molecule has 1 unspecified atom stereocenters. The lowest BCUT2D eigenvalue weighted by Crippen LogP contribution is -2.31. The van der Waals surface area contributed by atoms with E-state index in [2.05, 4.69) is 21.8 Å². The summed E-state index contributed by atoms with van der Waals surface area (Å²) in [5.74, 6) is 1.57. The smallest absolute Gasteiger partial charge is 0.255 e. The molecule has 0 bridgehead atoms.